The van der Waals surface area contributed by atoms with Crippen LogP contribution in [0.25, 0.3) is 5.69 Å². The topological polar surface area (TPSA) is 63.8 Å². The van der Waals surface area contributed by atoms with E-state index in [0.29, 0.717) is 24.2 Å². The second kappa shape index (κ2) is 4.96. The van der Waals surface area contributed by atoms with Gasteiger partial charge in [0.05, 0.1) is 10.7 Å². The van der Waals surface area contributed by atoms with Crippen LogP contribution in [0.4, 0.5) is 4.39 Å². The second-order valence-corrected chi connectivity index (χ2v) is 4.38. The molecule has 0 saturated carbocycles. The van der Waals surface area contributed by atoms with Gasteiger partial charge in [-0.05, 0) is 38.1 Å². The van der Waals surface area contributed by atoms with Gasteiger partial charge in [-0.2, -0.15) is 0 Å². The van der Waals surface area contributed by atoms with E-state index in [0.717, 1.165) is 5.69 Å². The summed E-state index contributed by atoms with van der Waals surface area (Å²) in [6, 6.07) is 4.28. The van der Waals surface area contributed by atoms with Crippen molar-refractivity contribution in [2.24, 2.45) is 5.73 Å². The first-order valence-corrected chi connectivity index (χ1v) is 5.88. The van der Waals surface area contributed by atoms with E-state index in [2.05, 4.69) is 5.10 Å². The van der Waals surface area contributed by atoms with Crippen LogP contribution in [-0.2, 0) is 6.42 Å². The fraction of sp³-hybridized carbons (Fsp3) is 0.250. The number of hydrogen-bond donors (Lipinski definition) is 2. The molecule has 0 spiro atoms. The van der Waals surface area contributed by atoms with Crippen molar-refractivity contribution in [2.75, 3.05) is 6.54 Å². The molecule has 0 radical (unpaired) electrons. The number of rotatable bonds is 3. The van der Waals surface area contributed by atoms with Crippen LogP contribution >= 0.6 is 11.6 Å². The molecule has 18 heavy (non-hydrogen) atoms. The molecule has 2 aromatic rings. The lowest BCUT2D eigenvalue weighted by Gasteiger charge is -2.06. The SMILES string of the molecule is Cc1c(CCN)c(=O)[nH]n1-c1ccc(F)c(Cl)c1. The number of nitrogens with two attached hydrogens (primary N) is 1. The maximum absolute atomic E-state index is 13.1. The van der Waals surface area contributed by atoms with Crippen molar-refractivity contribution in [3.8, 4) is 5.69 Å². The highest BCUT2D eigenvalue weighted by Crippen LogP contribution is 2.19. The summed E-state index contributed by atoms with van der Waals surface area (Å²) in [7, 11) is 0. The van der Waals surface area contributed by atoms with Crippen molar-refractivity contribution in [3.05, 3.63) is 50.7 Å². The van der Waals surface area contributed by atoms with Gasteiger partial charge in [0, 0.05) is 11.3 Å². The maximum Gasteiger partial charge on any atom is 0.267 e. The lowest BCUT2D eigenvalue weighted by atomic mass is 10.2. The van der Waals surface area contributed by atoms with E-state index in [-0.39, 0.29) is 10.6 Å². The lowest BCUT2D eigenvalue weighted by Crippen LogP contribution is -2.12. The molecular weight excluding hydrogens is 257 g/mol. The number of aromatic amines is 1. The van der Waals surface area contributed by atoms with Crippen molar-refractivity contribution < 1.29 is 4.39 Å². The van der Waals surface area contributed by atoms with Crippen LogP contribution in [0, 0.1) is 12.7 Å². The third kappa shape index (κ3) is 2.19. The molecule has 1 aromatic carbocycles. The minimum Gasteiger partial charge on any atom is -0.330 e. The summed E-state index contributed by atoms with van der Waals surface area (Å²) in [6.07, 6.45) is 0.503. The van der Waals surface area contributed by atoms with Crippen molar-refractivity contribution >= 4 is 11.6 Å². The minimum absolute atomic E-state index is 0.0156. The van der Waals surface area contributed by atoms with Gasteiger partial charge in [0.15, 0.2) is 0 Å². The molecule has 1 aromatic heterocycles. The Balaban J connectivity index is 2.54. The largest absolute Gasteiger partial charge is 0.330 e. The van der Waals surface area contributed by atoms with E-state index in [1.54, 1.807) is 17.7 Å². The third-order valence-electron chi connectivity index (χ3n) is 2.82. The number of nitrogens with one attached hydrogen (secondary N) is 1. The molecule has 1 heterocycles. The van der Waals surface area contributed by atoms with Crippen LogP contribution < -0.4 is 11.3 Å². The number of benzene rings is 1. The molecule has 2 rings (SSSR count). The first kappa shape index (κ1) is 12.9. The summed E-state index contributed by atoms with van der Waals surface area (Å²) in [4.78, 5) is 11.7. The normalized spacial score (nSPS) is 10.9. The number of nitrogens with zero attached hydrogens (tertiary/aromatic N) is 1. The summed E-state index contributed by atoms with van der Waals surface area (Å²) in [5, 5.41) is 2.70. The molecule has 0 bridgehead atoms. The molecule has 0 aliphatic heterocycles. The van der Waals surface area contributed by atoms with Crippen molar-refractivity contribution in [1.82, 2.24) is 9.78 Å². The van der Waals surface area contributed by atoms with E-state index in [4.69, 9.17) is 17.3 Å². The molecule has 96 valence electrons. The van der Waals surface area contributed by atoms with Crippen molar-refractivity contribution in [1.29, 1.82) is 0 Å². The average Bonchev–Trinajstić information content (AvgIpc) is 2.61. The standard InChI is InChI=1S/C12H13ClFN3O/c1-7-9(4-5-15)12(18)16-17(7)8-2-3-11(14)10(13)6-8/h2-3,6H,4-5,15H2,1H3,(H,16,18). The zero-order chi connectivity index (χ0) is 13.3. The van der Waals surface area contributed by atoms with Crippen LogP contribution in [0.5, 0.6) is 0 Å². The van der Waals surface area contributed by atoms with Crippen molar-refractivity contribution in [2.45, 2.75) is 13.3 Å². The molecule has 0 aliphatic carbocycles. The van der Waals surface area contributed by atoms with Gasteiger partial charge in [-0.25, -0.2) is 4.39 Å². The Labute approximate surface area is 108 Å². The summed E-state index contributed by atoms with van der Waals surface area (Å²) in [6.45, 7) is 2.21. The molecule has 6 heteroatoms. The van der Waals surface area contributed by atoms with E-state index in [1.165, 1.54) is 12.1 Å². The highest BCUT2D eigenvalue weighted by molar-refractivity contribution is 6.30. The minimum atomic E-state index is -0.491. The molecule has 3 N–H and O–H groups in total. The van der Waals surface area contributed by atoms with Gasteiger partial charge in [0.2, 0.25) is 0 Å². The van der Waals surface area contributed by atoms with Crippen LogP contribution in [0.1, 0.15) is 11.3 Å². The Morgan fingerprint density at radius 1 is 1.50 bits per heavy atom. The number of aromatic nitrogens is 2. The van der Waals surface area contributed by atoms with Gasteiger partial charge in [0.1, 0.15) is 5.82 Å². The first-order valence-electron chi connectivity index (χ1n) is 5.50. The molecular formula is C12H13ClFN3O. The molecule has 0 saturated heterocycles. The molecule has 4 nitrogen and oxygen atoms in total. The highest BCUT2D eigenvalue weighted by atomic mass is 35.5. The summed E-state index contributed by atoms with van der Waals surface area (Å²) < 4.78 is 14.7. The average molecular weight is 270 g/mol. The van der Waals surface area contributed by atoms with E-state index in [1.807, 2.05) is 0 Å². The van der Waals surface area contributed by atoms with Crippen molar-refractivity contribution in [3.63, 3.8) is 0 Å². The third-order valence-corrected chi connectivity index (χ3v) is 3.10. The quantitative estimate of drug-likeness (QED) is 0.892. The van der Waals surface area contributed by atoms with Crippen LogP contribution in [0.15, 0.2) is 23.0 Å². The Kier molecular flexibility index (Phi) is 3.54. The van der Waals surface area contributed by atoms with E-state index >= 15 is 0 Å². The number of H-pyrrole nitrogens is 1. The predicted molar refractivity (Wildman–Crippen MR) is 68.9 cm³/mol. The molecule has 0 atom stereocenters. The van der Waals surface area contributed by atoms with Gasteiger partial charge in [-0.3, -0.25) is 14.6 Å². The fourth-order valence-electron chi connectivity index (χ4n) is 1.87. The number of hydrogen-bond acceptors (Lipinski definition) is 2. The van der Waals surface area contributed by atoms with Crippen LogP contribution in [0.2, 0.25) is 5.02 Å². The Hall–Kier alpha value is -1.59. The molecule has 0 unspecified atom stereocenters. The first-order chi connectivity index (χ1) is 8.54. The molecule has 0 fully saturated rings. The summed E-state index contributed by atoms with van der Waals surface area (Å²) in [5.41, 5.74) is 7.28. The zero-order valence-corrected chi connectivity index (χ0v) is 10.6. The van der Waals surface area contributed by atoms with Gasteiger partial charge in [-0.15, -0.1) is 0 Å². The Morgan fingerprint density at radius 2 is 2.22 bits per heavy atom. The Morgan fingerprint density at radius 3 is 2.83 bits per heavy atom. The van der Waals surface area contributed by atoms with Crippen LogP contribution in [0.3, 0.4) is 0 Å². The summed E-state index contributed by atoms with van der Waals surface area (Å²) in [5.74, 6) is -0.491. The zero-order valence-electron chi connectivity index (χ0n) is 9.84. The highest BCUT2D eigenvalue weighted by Gasteiger charge is 2.12. The number of halogens is 2. The fourth-order valence-corrected chi connectivity index (χ4v) is 2.05. The van der Waals surface area contributed by atoms with Gasteiger partial charge >= 0.3 is 0 Å². The van der Waals surface area contributed by atoms with Crippen LogP contribution in [-0.4, -0.2) is 16.3 Å². The van der Waals surface area contributed by atoms with E-state index in [9.17, 15) is 9.18 Å². The smallest absolute Gasteiger partial charge is 0.267 e. The molecule has 0 aliphatic rings. The van der Waals surface area contributed by atoms with Gasteiger partial charge in [-0.1, -0.05) is 11.6 Å². The van der Waals surface area contributed by atoms with Gasteiger partial charge in [0.25, 0.3) is 5.56 Å². The maximum atomic E-state index is 13.1. The monoisotopic (exact) mass is 269 g/mol. The lowest BCUT2D eigenvalue weighted by molar-refractivity contribution is 0.627. The predicted octanol–water partition coefficient (Wildman–Crippen LogP) is 1.77. The molecule has 0 amide bonds. The summed E-state index contributed by atoms with van der Waals surface area (Å²) >= 11 is 5.72. The Bertz CT molecular complexity index is 633. The van der Waals surface area contributed by atoms with E-state index < -0.39 is 5.82 Å². The van der Waals surface area contributed by atoms with Gasteiger partial charge < -0.3 is 5.73 Å². The second-order valence-electron chi connectivity index (χ2n) is 3.98.